The van der Waals surface area contributed by atoms with Gasteiger partial charge in [-0.3, -0.25) is 0 Å². The van der Waals surface area contributed by atoms with E-state index in [0.717, 1.165) is 5.56 Å². The number of hydrogen-bond acceptors (Lipinski definition) is 26. The number of ether oxygens (including phenoxy) is 20. The molecule has 4 aliphatic rings. The van der Waals surface area contributed by atoms with E-state index < -0.39 is 128 Å². The van der Waals surface area contributed by atoms with Gasteiger partial charge in [-0.05, 0) is 169 Å². The molecule has 13 rings (SSSR count). The van der Waals surface area contributed by atoms with Crippen LogP contribution in [-0.2, 0) is 107 Å². The summed E-state index contributed by atoms with van der Waals surface area (Å²) in [6.07, 6.45) is -22.7. The summed E-state index contributed by atoms with van der Waals surface area (Å²) in [7, 11) is 10.8. The molecule has 664 valence electrons. The summed E-state index contributed by atoms with van der Waals surface area (Å²) in [6, 6.07) is 63.3. The van der Waals surface area contributed by atoms with E-state index in [2.05, 4.69) is 50.1 Å². The molecule has 36 nitrogen and oxygen atoms in total. The van der Waals surface area contributed by atoms with Crippen LogP contribution in [0.25, 0.3) is 52.2 Å². The van der Waals surface area contributed by atoms with E-state index in [0.29, 0.717) is 84.8 Å². The molecular formula is C91H99N15O21. The topological polar surface area (TPSA) is 449 Å². The third kappa shape index (κ3) is 23.3. The van der Waals surface area contributed by atoms with Gasteiger partial charge in [-0.1, -0.05) is 171 Å². The van der Waals surface area contributed by atoms with E-state index in [1.54, 1.807) is 150 Å². The zero-order valence-electron chi connectivity index (χ0n) is 70.8. The highest BCUT2D eigenvalue weighted by atomic mass is 16.8. The number of benzene rings is 9. The quantitative estimate of drug-likeness (QED) is 0.0160. The van der Waals surface area contributed by atoms with Crippen LogP contribution in [0.5, 0.6) is 40.2 Å². The Morgan fingerprint density at radius 2 is 0.661 bits per heavy atom. The normalized spacial score (nSPS) is 24.9. The molecule has 3 heterocycles. The molecule has 0 aromatic heterocycles. The van der Waals surface area contributed by atoms with Gasteiger partial charge in [-0.2, -0.15) is 0 Å². The second-order valence-corrected chi connectivity index (χ2v) is 29.9. The molecule has 1 saturated carbocycles. The summed E-state index contributed by atoms with van der Waals surface area (Å²) < 4.78 is 132. The van der Waals surface area contributed by atoms with Crippen molar-refractivity contribution in [2.75, 3.05) is 69.5 Å². The van der Waals surface area contributed by atoms with Gasteiger partial charge in [0, 0.05) is 24.6 Å². The third-order valence-corrected chi connectivity index (χ3v) is 22.4. The van der Waals surface area contributed by atoms with E-state index in [4.69, 9.17) is 94.7 Å². The number of hydrogen-bond donors (Lipinski definition) is 1. The Morgan fingerprint density at radius 1 is 0.323 bits per heavy atom. The fourth-order valence-corrected chi connectivity index (χ4v) is 15.9. The number of aliphatic hydroxyl groups is 1. The van der Waals surface area contributed by atoms with Gasteiger partial charge in [0.15, 0.2) is 18.9 Å². The van der Waals surface area contributed by atoms with E-state index in [9.17, 15) is 32.8 Å². The van der Waals surface area contributed by atoms with Crippen LogP contribution in [0.2, 0.25) is 0 Å². The average Bonchev–Trinajstić information content (AvgIpc) is 1.72. The van der Waals surface area contributed by atoms with Crippen LogP contribution in [0.15, 0.2) is 256 Å². The highest BCUT2D eigenvalue weighted by Gasteiger charge is 2.58. The highest BCUT2D eigenvalue weighted by Crippen LogP contribution is 2.45. The van der Waals surface area contributed by atoms with Gasteiger partial charge >= 0.3 is 0 Å². The summed E-state index contributed by atoms with van der Waals surface area (Å²) in [5, 5.41) is 34.7. The van der Waals surface area contributed by atoms with Crippen LogP contribution >= 0.6 is 0 Å². The molecule has 9 aromatic rings. The Hall–Kier alpha value is -12.4. The predicted molar refractivity (Wildman–Crippen MR) is 459 cm³/mol. The Balaban J connectivity index is 0.950. The molecule has 1 N–H and O–H groups in total. The SMILES string of the molecule is COc1ccc(COCC2OC(OC3C(OCc4ccc(OC)cc4)C(N=[N+]=[N-])CC(N=[N+]=[N-])C3OC3OC(COC(c4ccccc4)(c4ccccc4)c4ccc(OC)cc4)C(O)C(OCc4ccc(OC)cc4)C3N=[N+]=[N-])C(OCc3ccc(OC)cc3)C2OC2OC(CN=[N+]=[N-])C(OCc3ccc(OC)cc3)C(OCc3ccc(OC)cc3)C2N=[N+]=[N-])cc1. The van der Waals surface area contributed by atoms with Gasteiger partial charge in [-0.25, -0.2) is 0 Å². The number of methoxy groups -OCH3 is 7. The smallest absolute Gasteiger partial charge is 0.187 e. The Morgan fingerprint density at radius 3 is 1.08 bits per heavy atom. The first-order valence-electron chi connectivity index (χ1n) is 40.9. The maximum atomic E-state index is 13.2. The number of nitrogens with zero attached hydrogens (tertiary/aromatic N) is 15. The Bertz CT molecular complexity index is 5140. The van der Waals surface area contributed by atoms with Gasteiger partial charge in [0.25, 0.3) is 0 Å². The zero-order chi connectivity index (χ0) is 88.9. The van der Waals surface area contributed by atoms with Crippen LogP contribution in [0.3, 0.4) is 0 Å². The maximum Gasteiger partial charge on any atom is 0.187 e. The Kier molecular flexibility index (Phi) is 33.5. The molecule has 127 heavy (non-hydrogen) atoms. The fourth-order valence-electron chi connectivity index (χ4n) is 15.9. The van der Waals surface area contributed by atoms with Crippen molar-refractivity contribution in [3.63, 3.8) is 0 Å². The van der Waals surface area contributed by atoms with Crippen LogP contribution in [0, 0.1) is 0 Å². The van der Waals surface area contributed by atoms with E-state index in [-0.39, 0.29) is 59.2 Å². The molecule has 9 aromatic carbocycles. The summed E-state index contributed by atoms with van der Waals surface area (Å²) in [5.41, 5.74) is 58.0. The lowest BCUT2D eigenvalue weighted by Gasteiger charge is -2.49. The molecule has 36 heteroatoms. The first kappa shape index (κ1) is 92.2. The van der Waals surface area contributed by atoms with Gasteiger partial charge < -0.3 is 99.8 Å². The zero-order valence-corrected chi connectivity index (χ0v) is 70.8. The number of rotatable bonds is 44. The lowest BCUT2D eigenvalue weighted by molar-refractivity contribution is -0.320. The molecule has 4 fully saturated rings. The highest BCUT2D eigenvalue weighted by molar-refractivity contribution is 5.49. The third-order valence-electron chi connectivity index (χ3n) is 22.4. The molecule has 0 radical (unpaired) electrons. The molecule has 0 amide bonds. The summed E-state index contributed by atoms with van der Waals surface area (Å²) >= 11 is 0. The van der Waals surface area contributed by atoms with Gasteiger partial charge in [0.05, 0.1) is 146 Å². The summed E-state index contributed by atoms with van der Waals surface area (Å²) in [6.45, 7) is -1.84. The van der Waals surface area contributed by atoms with Crippen molar-refractivity contribution in [2.24, 2.45) is 25.6 Å². The predicted octanol–water partition coefficient (Wildman–Crippen LogP) is 16.3. The van der Waals surface area contributed by atoms with E-state index in [1.807, 2.05) is 109 Å². The molecule has 19 atom stereocenters. The Labute approximate surface area is 732 Å². The average molecular weight is 1740 g/mol. The molecule has 3 aliphatic heterocycles. The summed E-state index contributed by atoms with van der Waals surface area (Å²) in [5.74, 6) is 3.98. The molecule has 1 aliphatic carbocycles. The second kappa shape index (κ2) is 46.2. The van der Waals surface area contributed by atoms with Gasteiger partial charge in [-0.15, -0.1) is 0 Å². The monoisotopic (exact) mass is 1740 g/mol. The number of aliphatic hydroxyl groups excluding tert-OH is 1. The lowest BCUT2D eigenvalue weighted by Crippen LogP contribution is -2.64. The van der Waals surface area contributed by atoms with Crippen LogP contribution in [0.1, 0.15) is 56.5 Å². The van der Waals surface area contributed by atoms with Gasteiger partial charge in [0.1, 0.15) is 107 Å². The van der Waals surface area contributed by atoms with Crippen molar-refractivity contribution >= 4 is 0 Å². The largest absolute Gasteiger partial charge is 0.497 e. The van der Waals surface area contributed by atoms with Crippen molar-refractivity contribution < 1.29 is 99.8 Å². The molecular weight excluding hydrogens is 1640 g/mol. The molecule has 0 bridgehead atoms. The number of azide groups is 5. The van der Waals surface area contributed by atoms with Crippen molar-refractivity contribution in [3.05, 3.63) is 333 Å². The van der Waals surface area contributed by atoms with Crippen LogP contribution < -0.4 is 33.2 Å². The first-order chi connectivity index (χ1) is 62.3. The maximum absolute atomic E-state index is 13.2. The fraction of sp³-hybridized carbons (Fsp3) is 0.407. The molecule has 19 unspecified atom stereocenters. The van der Waals surface area contributed by atoms with Crippen molar-refractivity contribution in [1.29, 1.82) is 0 Å². The minimum atomic E-state index is -1.81. The van der Waals surface area contributed by atoms with E-state index in [1.165, 1.54) is 21.3 Å². The summed E-state index contributed by atoms with van der Waals surface area (Å²) in [4.78, 5) is 16.6. The van der Waals surface area contributed by atoms with Crippen molar-refractivity contribution in [3.8, 4) is 40.2 Å². The van der Waals surface area contributed by atoms with Gasteiger partial charge in [0.2, 0.25) is 0 Å². The second-order valence-electron chi connectivity index (χ2n) is 29.9. The lowest BCUT2D eigenvalue weighted by atomic mass is 9.80. The van der Waals surface area contributed by atoms with Crippen LogP contribution in [0.4, 0.5) is 0 Å². The molecule has 0 spiro atoms. The van der Waals surface area contributed by atoms with Crippen molar-refractivity contribution in [1.82, 2.24) is 0 Å². The van der Waals surface area contributed by atoms with Crippen molar-refractivity contribution in [2.45, 2.75) is 168 Å². The van der Waals surface area contributed by atoms with Crippen LogP contribution in [-0.4, -0.2) is 191 Å². The molecule has 3 saturated heterocycles. The van der Waals surface area contributed by atoms with E-state index >= 15 is 0 Å². The standard InChI is InChI=1S/C91H99N15O21/c1-108-65-32-18-56(19-33-65)48-115-54-76-83(126-89-78(101-106-96)85(119-52-60-26-40-69(112-5)41-27-60)82(74(122-89)47-97-102-92)117-50-58-22-36-67(110-3)37-23-58)87(120-53-61-28-42-70(113-6)43-29-61)90(124-76)127-86-80(116-49-57-20-34-66(109-2)35-21-57)72(98-103-93)46-73(99-104-94)81(86)125-88-77(100-105-95)84(118-51-59-24-38-68(111-4)39-25-59)79(107)75(123-88)55-121-91(62-14-10-8-11-15-62,63-16-12-9-13-17-63)64-30-44-71(114-7)45-31-64/h8-45,72-90,107H,46-55H2,1-7H3. The minimum Gasteiger partial charge on any atom is -0.497 e. The minimum absolute atomic E-state index is 0.00871. The first-order valence-corrected chi connectivity index (χ1v) is 40.9.